The summed E-state index contributed by atoms with van der Waals surface area (Å²) in [4.78, 5) is 0.406. The zero-order chi connectivity index (χ0) is 17.6. The average Bonchev–Trinajstić information content (AvgIpc) is 2.59. The molecule has 0 spiro atoms. The summed E-state index contributed by atoms with van der Waals surface area (Å²) >= 11 is 5.75. The van der Waals surface area contributed by atoms with Crippen molar-refractivity contribution in [2.24, 2.45) is 0 Å². The van der Waals surface area contributed by atoms with Crippen LogP contribution in [0.2, 0.25) is 5.02 Å². The Hall–Kier alpha value is -1.46. The molecule has 0 aromatic heterocycles. The van der Waals surface area contributed by atoms with Crippen molar-refractivity contribution in [3.05, 3.63) is 65.2 Å². The first kappa shape index (κ1) is 18.9. The van der Waals surface area contributed by atoms with Gasteiger partial charge in [-0.25, -0.2) is 17.2 Å². The van der Waals surface area contributed by atoms with Crippen LogP contribution in [-0.4, -0.2) is 13.7 Å². The molecule has 1 aliphatic rings. The average molecular weight is 373 g/mol. The number of sulfone groups is 1. The zero-order valence-electron chi connectivity index (χ0n) is 13.1. The van der Waals surface area contributed by atoms with Crippen LogP contribution in [0.15, 0.2) is 53.4 Å². The highest BCUT2D eigenvalue weighted by Crippen LogP contribution is 2.28. The summed E-state index contributed by atoms with van der Waals surface area (Å²) in [5.41, 5.74) is 0. The highest BCUT2D eigenvalue weighted by Gasteiger charge is 2.28. The first-order valence-corrected chi connectivity index (χ1v) is 9.72. The Kier molecular flexibility index (Phi) is 6.75. The molecule has 0 saturated heterocycles. The molecule has 130 valence electrons. The van der Waals surface area contributed by atoms with Gasteiger partial charge < -0.3 is 0 Å². The summed E-state index contributed by atoms with van der Waals surface area (Å²) in [6.07, 6.45) is 4.80. The minimum absolute atomic E-state index is 0.192. The molecule has 2 aromatic carbocycles. The lowest BCUT2D eigenvalue weighted by Gasteiger charge is -2.21. The van der Waals surface area contributed by atoms with Crippen molar-refractivity contribution in [3.8, 4) is 0 Å². The standard InChI is InChI=1S/C12H15ClO2S.C6H4F2/c13-10-6-8-12(9-7-10)16(14,15)11-4-2-1-3-5-11;7-5-1-2-6(8)4-3-5/h6-9,11H,1-5H2;1-4H. The number of halogens is 3. The maximum Gasteiger partial charge on any atom is 0.181 e. The van der Waals surface area contributed by atoms with Gasteiger partial charge in [-0.3, -0.25) is 0 Å². The lowest BCUT2D eigenvalue weighted by molar-refractivity contribution is 0.483. The first-order chi connectivity index (χ1) is 11.4. The number of benzene rings is 2. The summed E-state index contributed by atoms with van der Waals surface area (Å²) in [5.74, 6) is -0.821. The predicted octanol–water partition coefficient (Wildman–Crippen LogP) is 5.41. The first-order valence-electron chi connectivity index (χ1n) is 7.80. The van der Waals surface area contributed by atoms with E-state index in [-0.39, 0.29) is 5.25 Å². The monoisotopic (exact) mass is 372 g/mol. The lowest BCUT2D eigenvalue weighted by Crippen LogP contribution is -2.23. The van der Waals surface area contributed by atoms with Gasteiger partial charge in [-0.05, 0) is 61.4 Å². The molecular formula is C18H19ClF2O2S. The van der Waals surface area contributed by atoms with Crippen molar-refractivity contribution in [3.63, 3.8) is 0 Å². The summed E-state index contributed by atoms with van der Waals surface area (Å²) in [5, 5.41) is 0.380. The van der Waals surface area contributed by atoms with Gasteiger partial charge >= 0.3 is 0 Å². The highest BCUT2D eigenvalue weighted by atomic mass is 35.5. The fraction of sp³-hybridized carbons (Fsp3) is 0.333. The van der Waals surface area contributed by atoms with Crippen LogP contribution in [-0.2, 0) is 9.84 Å². The van der Waals surface area contributed by atoms with Crippen LogP contribution in [0, 0.1) is 11.6 Å². The molecule has 0 unspecified atom stereocenters. The van der Waals surface area contributed by atoms with Crippen LogP contribution >= 0.6 is 11.6 Å². The molecule has 0 N–H and O–H groups in total. The predicted molar refractivity (Wildman–Crippen MR) is 91.9 cm³/mol. The molecule has 1 aliphatic carbocycles. The van der Waals surface area contributed by atoms with Crippen LogP contribution in [0.1, 0.15) is 32.1 Å². The van der Waals surface area contributed by atoms with Crippen LogP contribution < -0.4 is 0 Å². The van der Waals surface area contributed by atoms with Gasteiger partial charge in [0.2, 0.25) is 0 Å². The van der Waals surface area contributed by atoms with E-state index in [9.17, 15) is 17.2 Å². The van der Waals surface area contributed by atoms with Gasteiger partial charge in [-0.2, -0.15) is 0 Å². The van der Waals surface area contributed by atoms with Crippen LogP contribution in [0.25, 0.3) is 0 Å². The number of hydrogen-bond acceptors (Lipinski definition) is 2. The molecule has 0 atom stereocenters. The smallest absolute Gasteiger partial charge is 0.181 e. The number of hydrogen-bond donors (Lipinski definition) is 0. The topological polar surface area (TPSA) is 34.1 Å². The van der Waals surface area contributed by atoms with Gasteiger partial charge in [0.15, 0.2) is 9.84 Å². The Morgan fingerprint density at radius 1 is 0.792 bits per heavy atom. The van der Waals surface area contributed by atoms with Gasteiger partial charge in [0.25, 0.3) is 0 Å². The second-order valence-corrected chi connectivity index (χ2v) is 8.36. The Balaban J connectivity index is 0.000000219. The van der Waals surface area contributed by atoms with E-state index in [1.807, 2.05) is 0 Å². The van der Waals surface area contributed by atoms with Gasteiger partial charge in [0.05, 0.1) is 10.1 Å². The fourth-order valence-corrected chi connectivity index (χ4v) is 4.60. The molecule has 0 bridgehead atoms. The molecule has 1 saturated carbocycles. The van der Waals surface area contributed by atoms with E-state index in [0.29, 0.717) is 9.92 Å². The summed E-state index contributed by atoms with van der Waals surface area (Å²) in [6.45, 7) is 0. The van der Waals surface area contributed by atoms with Crippen LogP contribution in [0.5, 0.6) is 0 Å². The van der Waals surface area contributed by atoms with Gasteiger partial charge in [0.1, 0.15) is 11.6 Å². The van der Waals surface area contributed by atoms with Gasteiger partial charge in [0, 0.05) is 5.02 Å². The van der Waals surface area contributed by atoms with Crippen molar-refractivity contribution in [2.75, 3.05) is 0 Å². The van der Waals surface area contributed by atoms with E-state index < -0.39 is 21.5 Å². The largest absolute Gasteiger partial charge is 0.223 e. The Morgan fingerprint density at radius 3 is 1.71 bits per heavy atom. The maximum absolute atomic E-state index is 12.3. The Labute approximate surface area is 146 Å². The van der Waals surface area contributed by atoms with Crippen molar-refractivity contribution in [1.82, 2.24) is 0 Å². The third kappa shape index (κ3) is 5.28. The van der Waals surface area contributed by atoms with E-state index in [0.717, 1.165) is 56.4 Å². The van der Waals surface area contributed by atoms with Crippen molar-refractivity contribution < 1.29 is 17.2 Å². The third-order valence-electron chi connectivity index (χ3n) is 3.94. The molecular weight excluding hydrogens is 354 g/mol. The van der Waals surface area contributed by atoms with Gasteiger partial charge in [-0.1, -0.05) is 30.9 Å². The third-order valence-corrected chi connectivity index (χ3v) is 6.47. The summed E-state index contributed by atoms with van der Waals surface area (Å²) in [7, 11) is -3.14. The van der Waals surface area contributed by atoms with E-state index in [2.05, 4.69) is 0 Å². The second-order valence-electron chi connectivity index (χ2n) is 5.70. The maximum atomic E-state index is 12.3. The number of rotatable bonds is 2. The lowest BCUT2D eigenvalue weighted by atomic mass is 10.0. The summed E-state index contributed by atoms with van der Waals surface area (Å²) < 4.78 is 48.4. The molecule has 0 amide bonds. The van der Waals surface area contributed by atoms with Crippen molar-refractivity contribution in [1.29, 1.82) is 0 Å². The summed E-state index contributed by atoms with van der Waals surface area (Å²) in [6, 6.07) is 10.8. The molecule has 2 aromatic rings. The van der Waals surface area contributed by atoms with Crippen LogP contribution in [0.3, 0.4) is 0 Å². The fourth-order valence-electron chi connectivity index (χ4n) is 2.62. The SMILES string of the molecule is Fc1ccc(F)cc1.O=S(=O)(c1ccc(Cl)cc1)C1CCCCC1. The molecule has 0 radical (unpaired) electrons. The highest BCUT2D eigenvalue weighted by molar-refractivity contribution is 7.92. The normalized spacial score (nSPS) is 15.5. The van der Waals surface area contributed by atoms with Gasteiger partial charge in [-0.15, -0.1) is 0 Å². The molecule has 0 heterocycles. The van der Waals surface area contributed by atoms with Crippen molar-refractivity contribution >= 4 is 21.4 Å². The van der Waals surface area contributed by atoms with E-state index in [4.69, 9.17) is 11.6 Å². The Morgan fingerprint density at radius 2 is 1.25 bits per heavy atom. The van der Waals surface area contributed by atoms with E-state index in [1.165, 1.54) is 0 Å². The molecule has 6 heteroatoms. The molecule has 1 fully saturated rings. The van der Waals surface area contributed by atoms with E-state index >= 15 is 0 Å². The Bertz CT molecular complexity index is 717. The minimum Gasteiger partial charge on any atom is -0.223 e. The molecule has 3 rings (SSSR count). The molecule has 24 heavy (non-hydrogen) atoms. The van der Waals surface area contributed by atoms with E-state index in [1.54, 1.807) is 24.3 Å². The second kappa shape index (κ2) is 8.58. The zero-order valence-corrected chi connectivity index (χ0v) is 14.7. The molecule has 0 aliphatic heterocycles. The quantitative estimate of drug-likeness (QED) is 0.706. The van der Waals surface area contributed by atoms with Crippen LogP contribution in [0.4, 0.5) is 8.78 Å². The van der Waals surface area contributed by atoms with Crippen molar-refractivity contribution in [2.45, 2.75) is 42.2 Å². The molecule has 2 nitrogen and oxygen atoms in total. The minimum atomic E-state index is -3.14.